The number of nitrogens with two attached hydrogens (primary N) is 1. The van der Waals surface area contributed by atoms with Crippen LogP contribution >= 0.6 is 0 Å². The van der Waals surface area contributed by atoms with E-state index in [1.54, 1.807) is 0 Å². The topological polar surface area (TPSA) is 46.3 Å². The number of fused-ring (bicyclic) bond motifs is 1. The Hall–Kier alpha value is -1.35. The van der Waals surface area contributed by atoms with Crippen LogP contribution in [0.2, 0.25) is 0 Å². The molecule has 0 fully saturated rings. The maximum Gasteiger partial charge on any atom is 0.239 e. The molecule has 0 saturated carbocycles. The smallest absolute Gasteiger partial charge is 0.239 e. The molecule has 2 rings (SSSR count). The van der Waals surface area contributed by atoms with Crippen LogP contribution in [0.1, 0.15) is 37.8 Å². The first-order valence-corrected chi connectivity index (χ1v) is 7.19. The fraction of sp³-hybridized carbons (Fsp3) is 0.562. The van der Waals surface area contributed by atoms with Crippen molar-refractivity contribution >= 4 is 5.91 Å². The molecule has 3 heteroatoms. The normalized spacial score (nSPS) is 16.9. The maximum atomic E-state index is 12.4. The summed E-state index contributed by atoms with van der Waals surface area (Å²) in [6.07, 6.45) is 2.84. The lowest BCUT2D eigenvalue weighted by Gasteiger charge is -2.25. The molecule has 1 unspecified atom stereocenters. The van der Waals surface area contributed by atoms with Gasteiger partial charge in [-0.25, -0.2) is 0 Å². The number of aryl methyl sites for hydroxylation is 1. The maximum absolute atomic E-state index is 12.4. The number of nitrogens with zero attached hydrogens (tertiary/aromatic N) is 1. The van der Waals surface area contributed by atoms with Crippen molar-refractivity contribution in [1.82, 2.24) is 4.90 Å². The Morgan fingerprint density at radius 1 is 1.32 bits per heavy atom. The molecule has 0 bridgehead atoms. The Balaban J connectivity index is 2.07. The Bertz CT molecular complexity index is 442. The van der Waals surface area contributed by atoms with Crippen LogP contribution in [0.15, 0.2) is 24.3 Å². The van der Waals surface area contributed by atoms with E-state index in [0.717, 1.165) is 25.8 Å². The van der Waals surface area contributed by atoms with Gasteiger partial charge in [0.2, 0.25) is 5.91 Å². The second kappa shape index (κ2) is 6.20. The van der Waals surface area contributed by atoms with Crippen LogP contribution in [0.5, 0.6) is 0 Å². The van der Waals surface area contributed by atoms with Crippen molar-refractivity contribution in [3.05, 3.63) is 35.4 Å². The minimum atomic E-state index is -0.356. The van der Waals surface area contributed by atoms with Crippen LogP contribution in [0.25, 0.3) is 0 Å². The first-order valence-electron chi connectivity index (χ1n) is 7.19. The number of carbonyl (C=O) groups is 1. The lowest BCUT2D eigenvalue weighted by molar-refractivity contribution is -0.133. The van der Waals surface area contributed by atoms with E-state index in [0.29, 0.717) is 12.5 Å². The molecule has 1 heterocycles. The predicted octanol–water partition coefficient (Wildman–Crippen LogP) is 2.33. The average Bonchev–Trinajstić information content (AvgIpc) is 2.58. The van der Waals surface area contributed by atoms with Gasteiger partial charge in [-0.15, -0.1) is 0 Å². The summed E-state index contributed by atoms with van der Waals surface area (Å²) in [5.41, 5.74) is 8.67. The average molecular weight is 260 g/mol. The summed E-state index contributed by atoms with van der Waals surface area (Å²) in [6.45, 7) is 5.73. The van der Waals surface area contributed by atoms with Crippen LogP contribution in [-0.4, -0.2) is 23.4 Å². The fourth-order valence-corrected chi connectivity index (χ4v) is 2.73. The van der Waals surface area contributed by atoms with E-state index in [-0.39, 0.29) is 11.9 Å². The highest BCUT2D eigenvalue weighted by atomic mass is 16.2. The molecule has 0 saturated heterocycles. The van der Waals surface area contributed by atoms with Crippen molar-refractivity contribution < 1.29 is 4.79 Å². The Morgan fingerprint density at radius 3 is 2.68 bits per heavy atom. The van der Waals surface area contributed by atoms with Gasteiger partial charge in [0, 0.05) is 13.1 Å². The van der Waals surface area contributed by atoms with Crippen LogP contribution < -0.4 is 5.73 Å². The summed E-state index contributed by atoms with van der Waals surface area (Å²) < 4.78 is 0. The van der Waals surface area contributed by atoms with Gasteiger partial charge in [-0.1, -0.05) is 38.1 Å². The third kappa shape index (κ3) is 3.57. The predicted molar refractivity (Wildman–Crippen MR) is 77.6 cm³/mol. The SMILES string of the molecule is CC(C)CC(N)C(=O)N1CCCc2ccccc2C1. The van der Waals surface area contributed by atoms with Gasteiger partial charge in [0.1, 0.15) is 0 Å². The summed E-state index contributed by atoms with van der Waals surface area (Å²) in [5.74, 6) is 0.559. The molecule has 0 aromatic heterocycles. The van der Waals surface area contributed by atoms with Crippen molar-refractivity contribution in [2.75, 3.05) is 6.54 Å². The van der Waals surface area contributed by atoms with Gasteiger partial charge in [-0.3, -0.25) is 4.79 Å². The Labute approximate surface area is 115 Å². The van der Waals surface area contributed by atoms with Crippen LogP contribution in [0, 0.1) is 5.92 Å². The molecular formula is C16H24N2O. The number of carbonyl (C=O) groups excluding carboxylic acids is 1. The monoisotopic (exact) mass is 260 g/mol. The number of hydrogen-bond donors (Lipinski definition) is 1. The fourth-order valence-electron chi connectivity index (χ4n) is 2.73. The number of rotatable bonds is 3. The molecule has 0 aliphatic carbocycles. The number of amides is 1. The highest BCUT2D eigenvalue weighted by molar-refractivity contribution is 5.81. The van der Waals surface area contributed by atoms with E-state index >= 15 is 0 Å². The molecule has 0 spiro atoms. The lowest BCUT2D eigenvalue weighted by Crippen LogP contribution is -2.44. The molecule has 1 amide bonds. The van der Waals surface area contributed by atoms with E-state index < -0.39 is 0 Å². The van der Waals surface area contributed by atoms with Crippen molar-refractivity contribution in [3.8, 4) is 0 Å². The summed E-state index contributed by atoms with van der Waals surface area (Å²) in [5, 5.41) is 0. The van der Waals surface area contributed by atoms with Gasteiger partial charge < -0.3 is 10.6 Å². The van der Waals surface area contributed by atoms with E-state index in [1.165, 1.54) is 11.1 Å². The molecule has 3 nitrogen and oxygen atoms in total. The third-order valence-corrected chi connectivity index (χ3v) is 3.71. The second-order valence-electron chi connectivity index (χ2n) is 5.87. The summed E-state index contributed by atoms with van der Waals surface area (Å²) in [4.78, 5) is 14.3. The van der Waals surface area contributed by atoms with Crippen LogP contribution in [0.4, 0.5) is 0 Å². The van der Waals surface area contributed by atoms with Crippen LogP contribution in [0.3, 0.4) is 0 Å². The second-order valence-corrected chi connectivity index (χ2v) is 5.87. The first kappa shape index (κ1) is 14.1. The molecule has 19 heavy (non-hydrogen) atoms. The minimum absolute atomic E-state index is 0.102. The summed E-state index contributed by atoms with van der Waals surface area (Å²) in [7, 11) is 0. The molecule has 1 aliphatic rings. The molecule has 0 radical (unpaired) electrons. The first-order chi connectivity index (χ1) is 9.08. The third-order valence-electron chi connectivity index (χ3n) is 3.71. The van der Waals surface area contributed by atoms with Crippen molar-refractivity contribution in [3.63, 3.8) is 0 Å². The Kier molecular flexibility index (Phi) is 4.59. The minimum Gasteiger partial charge on any atom is -0.337 e. The molecule has 1 atom stereocenters. The highest BCUT2D eigenvalue weighted by Gasteiger charge is 2.24. The molecule has 2 N–H and O–H groups in total. The van der Waals surface area contributed by atoms with E-state index in [9.17, 15) is 4.79 Å². The largest absolute Gasteiger partial charge is 0.337 e. The van der Waals surface area contributed by atoms with Crippen molar-refractivity contribution in [1.29, 1.82) is 0 Å². The zero-order chi connectivity index (χ0) is 13.8. The zero-order valence-electron chi connectivity index (χ0n) is 11.9. The van der Waals surface area contributed by atoms with E-state index in [2.05, 4.69) is 32.0 Å². The Morgan fingerprint density at radius 2 is 2.00 bits per heavy atom. The molecular weight excluding hydrogens is 236 g/mol. The van der Waals surface area contributed by atoms with Gasteiger partial charge in [0.05, 0.1) is 6.04 Å². The zero-order valence-corrected chi connectivity index (χ0v) is 11.9. The van der Waals surface area contributed by atoms with Gasteiger partial charge in [-0.05, 0) is 36.3 Å². The van der Waals surface area contributed by atoms with Gasteiger partial charge in [0.25, 0.3) is 0 Å². The van der Waals surface area contributed by atoms with E-state index in [1.807, 2.05) is 11.0 Å². The van der Waals surface area contributed by atoms with Crippen LogP contribution in [-0.2, 0) is 17.8 Å². The lowest BCUT2D eigenvalue weighted by atomic mass is 10.0. The number of hydrogen-bond acceptors (Lipinski definition) is 2. The standard InChI is InChI=1S/C16H24N2O/c1-12(2)10-15(17)16(19)18-9-5-8-13-6-3-4-7-14(13)11-18/h3-4,6-7,12,15H,5,8-11,17H2,1-2H3. The van der Waals surface area contributed by atoms with E-state index in [4.69, 9.17) is 5.73 Å². The summed E-state index contributed by atoms with van der Waals surface area (Å²) >= 11 is 0. The van der Waals surface area contributed by atoms with Gasteiger partial charge >= 0.3 is 0 Å². The van der Waals surface area contributed by atoms with Crippen molar-refractivity contribution in [2.24, 2.45) is 11.7 Å². The van der Waals surface area contributed by atoms with Gasteiger partial charge in [0.15, 0.2) is 0 Å². The highest BCUT2D eigenvalue weighted by Crippen LogP contribution is 2.19. The summed E-state index contributed by atoms with van der Waals surface area (Å²) in [6, 6.07) is 8.04. The molecule has 104 valence electrons. The molecule has 1 aromatic carbocycles. The number of benzene rings is 1. The quantitative estimate of drug-likeness (QED) is 0.906. The van der Waals surface area contributed by atoms with Gasteiger partial charge in [-0.2, -0.15) is 0 Å². The molecule has 1 aliphatic heterocycles. The molecule has 1 aromatic rings. The van der Waals surface area contributed by atoms with Crippen molar-refractivity contribution in [2.45, 2.75) is 45.7 Å².